The molecule has 3 nitrogen and oxygen atoms in total. The Morgan fingerprint density at radius 3 is 2.90 bits per heavy atom. The lowest BCUT2D eigenvalue weighted by atomic mass is 10.1. The third-order valence-electron chi connectivity index (χ3n) is 4.23. The van der Waals surface area contributed by atoms with Crippen LogP contribution in [0.3, 0.4) is 0 Å². The molecule has 2 aromatic rings. The highest BCUT2D eigenvalue weighted by atomic mass is 16.5. The zero-order valence-corrected chi connectivity index (χ0v) is 12.6. The highest BCUT2D eigenvalue weighted by Gasteiger charge is 2.31. The molecular formula is C17H24N2O. The average molecular weight is 272 g/mol. The molecule has 108 valence electrons. The van der Waals surface area contributed by atoms with Crippen LogP contribution in [0.2, 0.25) is 0 Å². The van der Waals surface area contributed by atoms with Gasteiger partial charge >= 0.3 is 0 Å². The summed E-state index contributed by atoms with van der Waals surface area (Å²) in [6.07, 6.45) is 4.84. The Kier molecular flexibility index (Phi) is 3.57. The van der Waals surface area contributed by atoms with Gasteiger partial charge in [0.05, 0.1) is 11.7 Å². The first-order valence-electron chi connectivity index (χ1n) is 7.48. The first-order chi connectivity index (χ1) is 9.59. The lowest BCUT2D eigenvalue weighted by Crippen LogP contribution is -2.22. The highest BCUT2D eigenvalue weighted by molar-refractivity contribution is 5.83. The van der Waals surface area contributed by atoms with E-state index in [1.54, 1.807) is 0 Å². The van der Waals surface area contributed by atoms with Gasteiger partial charge in [-0.2, -0.15) is 0 Å². The van der Waals surface area contributed by atoms with Crippen molar-refractivity contribution in [3.8, 4) is 0 Å². The summed E-state index contributed by atoms with van der Waals surface area (Å²) in [5.74, 6) is 0. The Morgan fingerprint density at radius 1 is 1.35 bits per heavy atom. The van der Waals surface area contributed by atoms with Gasteiger partial charge in [0.2, 0.25) is 0 Å². The number of hydrogen-bond donors (Lipinski definition) is 1. The standard InChI is InChI=1S/C17H24N2O/c1-17(2)9-7-14(20-17)12-19-10-8-15-13(11-18-3)5-4-6-16(15)19/h4-6,8,10,14,18H,7,9,11-12H2,1-3H3. The number of fused-ring (bicyclic) bond motifs is 1. The first kappa shape index (κ1) is 13.7. The molecule has 3 heteroatoms. The molecule has 1 aromatic heterocycles. The molecule has 1 N–H and O–H groups in total. The molecule has 20 heavy (non-hydrogen) atoms. The second kappa shape index (κ2) is 5.23. The van der Waals surface area contributed by atoms with E-state index in [2.05, 4.69) is 54.2 Å². The van der Waals surface area contributed by atoms with Crippen LogP contribution in [0.1, 0.15) is 32.3 Å². The monoisotopic (exact) mass is 272 g/mol. The van der Waals surface area contributed by atoms with Gasteiger partial charge < -0.3 is 14.6 Å². The van der Waals surface area contributed by atoms with Crippen LogP contribution in [-0.4, -0.2) is 23.3 Å². The van der Waals surface area contributed by atoms with E-state index in [9.17, 15) is 0 Å². The fourth-order valence-electron chi connectivity index (χ4n) is 3.22. The van der Waals surface area contributed by atoms with E-state index in [4.69, 9.17) is 4.74 Å². The summed E-state index contributed by atoms with van der Waals surface area (Å²) in [5.41, 5.74) is 2.72. The maximum Gasteiger partial charge on any atom is 0.0762 e. The van der Waals surface area contributed by atoms with Crippen LogP contribution in [0.25, 0.3) is 10.9 Å². The number of nitrogens with zero attached hydrogens (tertiary/aromatic N) is 1. The van der Waals surface area contributed by atoms with Crippen LogP contribution in [0.5, 0.6) is 0 Å². The molecule has 0 spiro atoms. The largest absolute Gasteiger partial charge is 0.370 e. The summed E-state index contributed by atoms with van der Waals surface area (Å²) in [7, 11) is 1.99. The van der Waals surface area contributed by atoms with Gasteiger partial charge in [-0.1, -0.05) is 12.1 Å². The highest BCUT2D eigenvalue weighted by Crippen LogP contribution is 2.31. The van der Waals surface area contributed by atoms with Crippen molar-refractivity contribution >= 4 is 10.9 Å². The van der Waals surface area contributed by atoms with E-state index >= 15 is 0 Å². The van der Waals surface area contributed by atoms with Crippen LogP contribution < -0.4 is 5.32 Å². The molecular weight excluding hydrogens is 248 g/mol. The summed E-state index contributed by atoms with van der Waals surface area (Å²) in [6, 6.07) is 8.76. The molecule has 1 fully saturated rings. The molecule has 1 aliphatic heterocycles. The molecule has 1 unspecified atom stereocenters. The molecule has 1 atom stereocenters. The van der Waals surface area contributed by atoms with Crippen LogP contribution in [-0.2, 0) is 17.8 Å². The van der Waals surface area contributed by atoms with Crippen molar-refractivity contribution in [2.45, 2.75) is 51.5 Å². The van der Waals surface area contributed by atoms with E-state index in [0.29, 0.717) is 6.10 Å². The van der Waals surface area contributed by atoms with E-state index in [1.807, 2.05) is 7.05 Å². The minimum atomic E-state index is 0.0465. The first-order valence-corrected chi connectivity index (χ1v) is 7.48. The lowest BCUT2D eigenvalue weighted by molar-refractivity contribution is -0.0212. The molecule has 1 aromatic carbocycles. The molecule has 0 radical (unpaired) electrons. The molecule has 1 saturated heterocycles. The molecule has 1 aliphatic rings. The Balaban J connectivity index is 1.84. The number of rotatable bonds is 4. The third kappa shape index (κ3) is 2.60. The summed E-state index contributed by atoms with van der Waals surface area (Å²) in [4.78, 5) is 0. The van der Waals surface area contributed by atoms with Gasteiger partial charge in [-0.25, -0.2) is 0 Å². The minimum absolute atomic E-state index is 0.0465. The summed E-state index contributed by atoms with van der Waals surface area (Å²) >= 11 is 0. The Morgan fingerprint density at radius 2 is 2.20 bits per heavy atom. The van der Waals surface area contributed by atoms with E-state index in [-0.39, 0.29) is 5.60 Å². The van der Waals surface area contributed by atoms with E-state index in [0.717, 1.165) is 25.9 Å². The molecule has 3 rings (SSSR count). The fourth-order valence-corrected chi connectivity index (χ4v) is 3.22. The Hall–Kier alpha value is -1.32. The summed E-state index contributed by atoms with van der Waals surface area (Å²) in [6.45, 7) is 6.24. The zero-order valence-electron chi connectivity index (χ0n) is 12.6. The van der Waals surface area contributed by atoms with Crippen LogP contribution in [0.4, 0.5) is 0 Å². The van der Waals surface area contributed by atoms with Crippen LogP contribution in [0, 0.1) is 0 Å². The Labute approximate surface area is 120 Å². The van der Waals surface area contributed by atoms with Crippen molar-refractivity contribution in [3.05, 3.63) is 36.0 Å². The lowest BCUT2D eigenvalue weighted by Gasteiger charge is -2.20. The molecule has 0 amide bonds. The maximum atomic E-state index is 6.12. The van der Waals surface area contributed by atoms with Crippen molar-refractivity contribution in [3.63, 3.8) is 0 Å². The molecule has 2 heterocycles. The predicted octanol–water partition coefficient (Wildman–Crippen LogP) is 3.32. The maximum absolute atomic E-state index is 6.12. The summed E-state index contributed by atoms with van der Waals surface area (Å²) in [5, 5.41) is 4.58. The van der Waals surface area contributed by atoms with Crippen molar-refractivity contribution in [1.82, 2.24) is 9.88 Å². The van der Waals surface area contributed by atoms with Gasteiger partial charge in [0.15, 0.2) is 0 Å². The number of benzene rings is 1. The van der Waals surface area contributed by atoms with Crippen molar-refractivity contribution < 1.29 is 4.74 Å². The third-order valence-corrected chi connectivity index (χ3v) is 4.23. The van der Waals surface area contributed by atoms with Crippen LogP contribution >= 0.6 is 0 Å². The molecule has 0 aliphatic carbocycles. The van der Waals surface area contributed by atoms with Crippen LogP contribution in [0.15, 0.2) is 30.5 Å². The SMILES string of the molecule is CNCc1cccc2c1ccn2CC1CCC(C)(C)O1. The topological polar surface area (TPSA) is 26.2 Å². The van der Waals surface area contributed by atoms with Gasteiger partial charge in [0.1, 0.15) is 0 Å². The fraction of sp³-hybridized carbons (Fsp3) is 0.529. The number of ether oxygens (including phenoxy) is 1. The van der Waals surface area contributed by atoms with E-state index in [1.165, 1.54) is 16.5 Å². The Bertz CT molecular complexity index is 600. The average Bonchev–Trinajstić information content (AvgIpc) is 2.95. The van der Waals surface area contributed by atoms with Crippen molar-refractivity contribution in [1.29, 1.82) is 0 Å². The minimum Gasteiger partial charge on any atom is -0.370 e. The normalized spacial score (nSPS) is 21.6. The van der Waals surface area contributed by atoms with Gasteiger partial charge in [-0.3, -0.25) is 0 Å². The van der Waals surface area contributed by atoms with Crippen molar-refractivity contribution in [2.24, 2.45) is 0 Å². The molecule has 0 saturated carbocycles. The van der Waals surface area contributed by atoms with Gasteiger partial charge in [0, 0.05) is 30.2 Å². The second-order valence-corrected chi connectivity index (χ2v) is 6.39. The quantitative estimate of drug-likeness (QED) is 0.924. The van der Waals surface area contributed by atoms with Gasteiger partial charge in [-0.15, -0.1) is 0 Å². The smallest absolute Gasteiger partial charge is 0.0762 e. The molecule has 0 bridgehead atoms. The predicted molar refractivity (Wildman–Crippen MR) is 82.9 cm³/mol. The van der Waals surface area contributed by atoms with Gasteiger partial charge in [-0.05, 0) is 51.4 Å². The van der Waals surface area contributed by atoms with Crippen molar-refractivity contribution in [2.75, 3.05) is 7.05 Å². The van der Waals surface area contributed by atoms with E-state index < -0.39 is 0 Å². The number of aromatic nitrogens is 1. The van der Waals surface area contributed by atoms with Gasteiger partial charge in [0.25, 0.3) is 0 Å². The number of hydrogen-bond acceptors (Lipinski definition) is 2. The summed E-state index contributed by atoms with van der Waals surface area (Å²) < 4.78 is 8.45. The second-order valence-electron chi connectivity index (χ2n) is 6.39. The zero-order chi connectivity index (χ0) is 14.2. The number of nitrogens with one attached hydrogen (secondary N) is 1.